The Morgan fingerprint density at radius 1 is 1.06 bits per heavy atom. The molecule has 0 amide bonds. The lowest BCUT2D eigenvalue weighted by Crippen LogP contribution is -2.43. The smallest absolute Gasteiger partial charge is 0.320 e. The van der Waals surface area contributed by atoms with Gasteiger partial charge in [-0.25, -0.2) is 0 Å². The van der Waals surface area contributed by atoms with E-state index in [1.807, 2.05) is 30.3 Å². The fraction of sp³-hybridized carbons (Fsp3) is 0.385. The van der Waals surface area contributed by atoms with Gasteiger partial charge in [0, 0.05) is 6.54 Å². The van der Waals surface area contributed by atoms with E-state index in [1.165, 1.54) is 0 Å². The van der Waals surface area contributed by atoms with E-state index >= 15 is 0 Å². The molecule has 2 rings (SSSR count). The molecule has 2 atom stereocenters. The second-order valence-corrected chi connectivity index (χ2v) is 4.44. The Morgan fingerprint density at radius 2 is 1.56 bits per heavy atom. The molecular formula is C13H15NO4. The molecule has 5 heteroatoms. The van der Waals surface area contributed by atoms with Gasteiger partial charge < -0.3 is 10.2 Å². The Bertz CT molecular complexity index is 424. The van der Waals surface area contributed by atoms with Gasteiger partial charge in [0.2, 0.25) is 0 Å². The molecule has 0 aliphatic carbocycles. The molecule has 0 unspecified atom stereocenters. The Balaban J connectivity index is 2.19. The van der Waals surface area contributed by atoms with Gasteiger partial charge in [0.25, 0.3) is 0 Å². The number of benzene rings is 1. The Labute approximate surface area is 105 Å². The van der Waals surface area contributed by atoms with Gasteiger partial charge in [-0.1, -0.05) is 30.3 Å². The molecule has 1 saturated heterocycles. The molecule has 0 spiro atoms. The van der Waals surface area contributed by atoms with E-state index in [4.69, 9.17) is 10.2 Å². The van der Waals surface area contributed by atoms with Gasteiger partial charge >= 0.3 is 11.9 Å². The molecule has 0 bridgehead atoms. The molecule has 96 valence electrons. The molecule has 1 fully saturated rings. The van der Waals surface area contributed by atoms with Crippen LogP contribution in [-0.2, 0) is 16.1 Å². The van der Waals surface area contributed by atoms with Crippen molar-refractivity contribution < 1.29 is 19.8 Å². The third kappa shape index (κ3) is 2.51. The Hall–Kier alpha value is -1.88. The maximum atomic E-state index is 11.1. The zero-order valence-corrected chi connectivity index (χ0v) is 9.82. The normalized spacial score (nSPS) is 24.0. The summed E-state index contributed by atoms with van der Waals surface area (Å²) in [5.74, 6) is -1.90. The Morgan fingerprint density at radius 3 is 2.00 bits per heavy atom. The maximum Gasteiger partial charge on any atom is 0.320 e. The maximum absolute atomic E-state index is 11.1. The molecule has 0 aromatic heterocycles. The summed E-state index contributed by atoms with van der Waals surface area (Å²) in [6.45, 7) is 0.356. The molecule has 1 aliphatic heterocycles. The summed E-state index contributed by atoms with van der Waals surface area (Å²) in [6, 6.07) is 7.93. The van der Waals surface area contributed by atoms with Crippen LogP contribution in [0.25, 0.3) is 0 Å². The van der Waals surface area contributed by atoms with Crippen LogP contribution in [0.15, 0.2) is 30.3 Å². The zero-order valence-electron chi connectivity index (χ0n) is 9.82. The lowest BCUT2D eigenvalue weighted by molar-refractivity contribution is -0.147. The zero-order chi connectivity index (χ0) is 13.1. The minimum Gasteiger partial charge on any atom is -0.480 e. The molecule has 18 heavy (non-hydrogen) atoms. The van der Waals surface area contributed by atoms with Crippen LogP contribution in [0.2, 0.25) is 0 Å². The summed E-state index contributed by atoms with van der Waals surface area (Å²) in [5.41, 5.74) is 0.928. The first-order valence-corrected chi connectivity index (χ1v) is 5.85. The predicted molar refractivity (Wildman–Crippen MR) is 64.1 cm³/mol. The van der Waals surface area contributed by atoms with Crippen molar-refractivity contribution in [3.63, 3.8) is 0 Å². The van der Waals surface area contributed by atoms with Gasteiger partial charge in [-0.05, 0) is 18.4 Å². The third-order valence-electron chi connectivity index (χ3n) is 3.29. The molecule has 2 N–H and O–H groups in total. The van der Waals surface area contributed by atoms with Crippen LogP contribution in [-0.4, -0.2) is 39.1 Å². The van der Waals surface area contributed by atoms with E-state index in [2.05, 4.69) is 0 Å². The monoisotopic (exact) mass is 249 g/mol. The highest BCUT2D eigenvalue weighted by Crippen LogP contribution is 2.26. The number of carboxylic acids is 2. The van der Waals surface area contributed by atoms with Gasteiger partial charge in [0.05, 0.1) is 0 Å². The van der Waals surface area contributed by atoms with Crippen LogP contribution in [0.1, 0.15) is 18.4 Å². The SMILES string of the molecule is O=C(O)[C@H]1CC[C@@H](C(=O)O)N1Cc1ccccc1. The molecular weight excluding hydrogens is 234 g/mol. The molecule has 0 radical (unpaired) electrons. The van der Waals surface area contributed by atoms with Crippen molar-refractivity contribution in [1.29, 1.82) is 0 Å². The number of carbonyl (C=O) groups is 2. The van der Waals surface area contributed by atoms with E-state index in [1.54, 1.807) is 4.90 Å². The van der Waals surface area contributed by atoms with E-state index in [-0.39, 0.29) is 0 Å². The van der Waals surface area contributed by atoms with Gasteiger partial charge in [0.15, 0.2) is 0 Å². The third-order valence-corrected chi connectivity index (χ3v) is 3.29. The number of carboxylic acid groups (broad SMARTS) is 2. The molecule has 0 saturated carbocycles. The second-order valence-electron chi connectivity index (χ2n) is 4.44. The highest BCUT2D eigenvalue weighted by molar-refractivity contribution is 5.79. The summed E-state index contributed by atoms with van der Waals surface area (Å²) >= 11 is 0. The number of aliphatic carboxylic acids is 2. The summed E-state index contributed by atoms with van der Waals surface area (Å²) in [4.78, 5) is 23.8. The lowest BCUT2D eigenvalue weighted by Gasteiger charge is -2.25. The number of likely N-dealkylation sites (tertiary alicyclic amines) is 1. The fourth-order valence-electron chi connectivity index (χ4n) is 2.41. The highest BCUT2D eigenvalue weighted by Gasteiger charge is 2.41. The van der Waals surface area contributed by atoms with Crippen molar-refractivity contribution in [2.45, 2.75) is 31.5 Å². The average molecular weight is 249 g/mol. The van der Waals surface area contributed by atoms with Gasteiger partial charge in [-0.3, -0.25) is 14.5 Å². The van der Waals surface area contributed by atoms with Gasteiger partial charge in [0.1, 0.15) is 12.1 Å². The first-order chi connectivity index (χ1) is 8.59. The van der Waals surface area contributed by atoms with E-state index < -0.39 is 24.0 Å². The van der Waals surface area contributed by atoms with E-state index in [0.717, 1.165) is 5.56 Å². The number of hydrogen-bond acceptors (Lipinski definition) is 3. The van der Waals surface area contributed by atoms with E-state index in [0.29, 0.717) is 19.4 Å². The number of nitrogens with zero attached hydrogens (tertiary/aromatic N) is 1. The van der Waals surface area contributed by atoms with Crippen molar-refractivity contribution in [3.05, 3.63) is 35.9 Å². The van der Waals surface area contributed by atoms with Gasteiger partial charge in [-0.2, -0.15) is 0 Å². The topological polar surface area (TPSA) is 77.8 Å². The van der Waals surface area contributed by atoms with Crippen LogP contribution < -0.4 is 0 Å². The largest absolute Gasteiger partial charge is 0.480 e. The first kappa shape index (κ1) is 12.6. The summed E-state index contributed by atoms with van der Waals surface area (Å²) in [5, 5.41) is 18.3. The number of rotatable bonds is 4. The van der Waals surface area contributed by atoms with Crippen molar-refractivity contribution >= 4 is 11.9 Å². The second kappa shape index (κ2) is 5.18. The highest BCUT2D eigenvalue weighted by atomic mass is 16.4. The van der Waals surface area contributed by atoms with E-state index in [9.17, 15) is 9.59 Å². The number of hydrogen-bond donors (Lipinski definition) is 2. The van der Waals surface area contributed by atoms with Gasteiger partial charge in [-0.15, -0.1) is 0 Å². The molecule has 1 aromatic carbocycles. The summed E-state index contributed by atoms with van der Waals surface area (Å²) in [6.07, 6.45) is 0.776. The van der Waals surface area contributed by atoms with Crippen molar-refractivity contribution in [3.8, 4) is 0 Å². The summed E-state index contributed by atoms with van der Waals surface area (Å²) in [7, 11) is 0. The van der Waals surface area contributed by atoms with Crippen LogP contribution >= 0.6 is 0 Å². The molecule has 1 aliphatic rings. The lowest BCUT2D eigenvalue weighted by atomic mass is 10.2. The van der Waals surface area contributed by atoms with Crippen LogP contribution in [0.4, 0.5) is 0 Å². The van der Waals surface area contributed by atoms with Crippen LogP contribution in [0.5, 0.6) is 0 Å². The quantitative estimate of drug-likeness (QED) is 0.838. The molecule has 5 nitrogen and oxygen atoms in total. The molecule has 1 heterocycles. The summed E-state index contributed by atoms with van der Waals surface area (Å²) < 4.78 is 0. The van der Waals surface area contributed by atoms with Crippen molar-refractivity contribution in [1.82, 2.24) is 4.90 Å². The average Bonchev–Trinajstić information content (AvgIpc) is 2.74. The fourth-order valence-corrected chi connectivity index (χ4v) is 2.41. The predicted octanol–water partition coefficient (Wildman–Crippen LogP) is 1.19. The molecule has 1 aromatic rings. The van der Waals surface area contributed by atoms with Crippen molar-refractivity contribution in [2.75, 3.05) is 0 Å². The minimum absolute atomic E-state index is 0.356. The minimum atomic E-state index is -0.949. The first-order valence-electron chi connectivity index (χ1n) is 5.85. The van der Waals surface area contributed by atoms with Crippen molar-refractivity contribution in [2.24, 2.45) is 0 Å². The van der Waals surface area contributed by atoms with Crippen LogP contribution in [0, 0.1) is 0 Å². The Kier molecular flexibility index (Phi) is 3.62. The standard InChI is InChI=1S/C13H15NO4/c15-12(16)10-6-7-11(13(17)18)14(10)8-9-4-2-1-3-5-9/h1-5,10-11H,6-8H2,(H,15,16)(H,17,18)/t10-,11+. The van der Waals surface area contributed by atoms with Crippen LogP contribution in [0.3, 0.4) is 0 Å².